The summed E-state index contributed by atoms with van der Waals surface area (Å²) in [4.78, 5) is 19.8. The van der Waals surface area contributed by atoms with Crippen molar-refractivity contribution in [2.24, 2.45) is 5.73 Å². The Kier molecular flexibility index (Phi) is 13.9. The third kappa shape index (κ3) is 25.3. The molecule has 0 radical (unpaired) electrons. The van der Waals surface area contributed by atoms with Gasteiger partial charge in [0.15, 0.2) is 0 Å². The van der Waals surface area contributed by atoms with Gasteiger partial charge in [-0.2, -0.15) is 0 Å². The zero-order valence-corrected chi connectivity index (χ0v) is 10.8. The Bertz CT molecular complexity index is 189. The van der Waals surface area contributed by atoms with Gasteiger partial charge >= 0.3 is 11.9 Å². The summed E-state index contributed by atoms with van der Waals surface area (Å²) in [5, 5.41) is 16.3. The summed E-state index contributed by atoms with van der Waals surface area (Å²) >= 11 is 0. The molecule has 102 valence electrons. The molecule has 0 fully saturated rings. The van der Waals surface area contributed by atoms with E-state index in [1.165, 1.54) is 19.3 Å². The molecule has 17 heavy (non-hydrogen) atoms. The molecule has 0 aliphatic rings. The van der Waals surface area contributed by atoms with E-state index in [9.17, 15) is 9.59 Å². The molecule has 0 aromatic carbocycles. The molecule has 0 aliphatic carbocycles. The van der Waals surface area contributed by atoms with Crippen LogP contribution in [-0.2, 0) is 9.59 Å². The Morgan fingerprint density at radius 1 is 1.06 bits per heavy atom. The second-order valence-electron chi connectivity index (χ2n) is 4.11. The largest absolute Gasteiger partial charge is 0.481 e. The van der Waals surface area contributed by atoms with E-state index in [4.69, 9.17) is 15.9 Å². The van der Waals surface area contributed by atoms with E-state index in [-0.39, 0.29) is 12.8 Å². The molecule has 0 rings (SSSR count). The van der Waals surface area contributed by atoms with Crippen molar-refractivity contribution in [2.75, 3.05) is 0 Å². The highest BCUT2D eigenvalue weighted by Gasteiger charge is 1.99. The number of carboxylic acid groups (broad SMARTS) is 2. The van der Waals surface area contributed by atoms with Crippen LogP contribution in [0.4, 0.5) is 0 Å². The topological polar surface area (TPSA) is 101 Å². The van der Waals surface area contributed by atoms with Crippen molar-refractivity contribution in [1.29, 1.82) is 0 Å². The lowest BCUT2D eigenvalue weighted by atomic mass is 10.2. The van der Waals surface area contributed by atoms with Crippen LogP contribution in [0.2, 0.25) is 0 Å². The zero-order valence-electron chi connectivity index (χ0n) is 10.8. The van der Waals surface area contributed by atoms with Crippen LogP contribution in [0, 0.1) is 0 Å². The molecule has 4 N–H and O–H groups in total. The molecule has 0 heterocycles. The van der Waals surface area contributed by atoms with Crippen LogP contribution in [0.25, 0.3) is 0 Å². The number of carbonyl (C=O) groups is 2. The van der Waals surface area contributed by atoms with Gasteiger partial charge in [0.05, 0.1) is 0 Å². The van der Waals surface area contributed by atoms with Crippen LogP contribution >= 0.6 is 0 Å². The van der Waals surface area contributed by atoms with E-state index in [1.807, 2.05) is 0 Å². The van der Waals surface area contributed by atoms with E-state index in [0.29, 0.717) is 18.9 Å². The maximum atomic E-state index is 9.90. The van der Waals surface area contributed by atoms with Crippen molar-refractivity contribution in [3.63, 3.8) is 0 Å². The molecule has 1 unspecified atom stereocenters. The SMILES string of the molecule is CCCCC(C)N.O=C(O)CCCCC(=O)O. The molecular formula is C12H25NO4. The molecule has 0 saturated carbocycles. The van der Waals surface area contributed by atoms with E-state index >= 15 is 0 Å². The fourth-order valence-corrected chi connectivity index (χ4v) is 1.08. The van der Waals surface area contributed by atoms with Gasteiger partial charge in [0, 0.05) is 18.9 Å². The van der Waals surface area contributed by atoms with Gasteiger partial charge < -0.3 is 15.9 Å². The van der Waals surface area contributed by atoms with Gasteiger partial charge in [0.2, 0.25) is 0 Å². The van der Waals surface area contributed by atoms with Gasteiger partial charge in [-0.25, -0.2) is 0 Å². The summed E-state index contributed by atoms with van der Waals surface area (Å²) in [6, 6.07) is 0.403. The third-order valence-electron chi connectivity index (χ3n) is 2.04. The first-order chi connectivity index (χ1) is 7.90. The van der Waals surface area contributed by atoms with Gasteiger partial charge in [0.25, 0.3) is 0 Å². The van der Waals surface area contributed by atoms with Gasteiger partial charge in [-0.15, -0.1) is 0 Å². The molecule has 5 nitrogen and oxygen atoms in total. The highest BCUT2D eigenvalue weighted by molar-refractivity contribution is 5.67. The standard InChI is InChI=1S/C6H15N.C6H10O4/c1-3-4-5-6(2)7;7-5(8)3-1-2-4-6(9)10/h6H,3-5,7H2,1-2H3;1-4H2,(H,7,8)(H,9,10). The Morgan fingerprint density at radius 2 is 1.47 bits per heavy atom. The lowest BCUT2D eigenvalue weighted by molar-refractivity contribution is -0.139. The summed E-state index contributed by atoms with van der Waals surface area (Å²) in [5.74, 6) is -1.74. The van der Waals surface area contributed by atoms with Crippen molar-refractivity contribution < 1.29 is 19.8 Å². The van der Waals surface area contributed by atoms with Gasteiger partial charge in [-0.05, 0) is 26.2 Å². The van der Waals surface area contributed by atoms with E-state index in [0.717, 1.165) is 0 Å². The third-order valence-corrected chi connectivity index (χ3v) is 2.04. The number of aliphatic carboxylic acids is 2. The second kappa shape index (κ2) is 13.0. The van der Waals surface area contributed by atoms with Gasteiger partial charge in [-0.3, -0.25) is 9.59 Å². The van der Waals surface area contributed by atoms with Crippen molar-refractivity contribution >= 4 is 11.9 Å². The monoisotopic (exact) mass is 247 g/mol. The average molecular weight is 247 g/mol. The second-order valence-corrected chi connectivity index (χ2v) is 4.11. The number of carboxylic acids is 2. The smallest absolute Gasteiger partial charge is 0.303 e. The first-order valence-corrected chi connectivity index (χ1v) is 6.09. The summed E-state index contributed by atoms with van der Waals surface area (Å²) in [6.07, 6.45) is 4.74. The summed E-state index contributed by atoms with van der Waals surface area (Å²) < 4.78 is 0. The number of rotatable bonds is 8. The minimum Gasteiger partial charge on any atom is -0.481 e. The number of hydrogen-bond acceptors (Lipinski definition) is 3. The van der Waals surface area contributed by atoms with Crippen LogP contribution in [0.3, 0.4) is 0 Å². The van der Waals surface area contributed by atoms with Crippen LogP contribution in [0.1, 0.15) is 58.8 Å². The van der Waals surface area contributed by atoms with Crippen LogP contribution in [-0.4, -0.2) is 28.2 Å². The average Bonchev–Trinajstić information content (AvgIpc) is 2.22. The lowest BCUT2D eigenvalue weighted by Crippen LogP contribution is -2.13. The van der Waals surface area contributed by atoms with Crippen molar-refractivity contribution in [3.05, 3.63) is 0 Å². The Hall–Kier alpha value is -1.10. The maximum Gasteiger partial charge on any atom is 0.303 e. The van der Waals surface area contributed by atoms with E-state index < -0.39 is 11.9 Å². The Labute approximate surface area is 103 Å². The molecular weight excluding hydrogens is 222 g/mol. The maximum absolute atomic E-state index is 9.90. The van der Waals surface area contributed by atoms with Crippen LogP contribution in [0.15, 0.2) is 0 Å². The van der Waals surface area contributed by atoms with Crippen molar-refractivity contribution in [1.82, 2.24) is 0 Å². The number of unbranched alkanes of at least 4 members (excludes halogenated alkanes) is 2. The minimum absolute atomic E-state index is 0.0628. The summed E-state index contributed by atoms with van der Waals surface area (Å²) in [5.41, 5.74) is 5.48. The molecule has 0 aromatic heterocycles. The molecule has 1 atom stereocenters. The zero-order chi connectivity index (χ0) is 13.7. The quantitative estimate of drug-likeness (QED) is 0.571. The molecule has 0 bridgehead atoms. The van der Waals surface area contributed by atoms with Crippen LogP contribution < -0.4 is 5.73 Å². The number of nitrogens with two attached hydrogens (primary N) is 1. The highest BCUT2D eigenvalue weighted by atomic mass is 16.4. The molecule has 0 aromatic rings. The van der Waals surface area contributed by atoms with Crippen molar-refractivity contribution in [3.8, 4) is 0 Å². The first-order valence-electron chi connectivity index (χ1n) is 6.09. The van der Waals surface area contributed by atoms with E-state index in [1.54, 1.807) is 0 Å². The molecule has 0 amide bonds. The van der Waals surface area contributed by atoms with E-state index in [2.05, 4.69) is 13.8 Å². The van der Waals surface area contributed by atoms with Gasteiger partial charge in [0.1, 0.15) is 0 Å². The van der Waals surface area contributed by atoms with Crippen LogP contribution in [0.5, 0.6) is 0 Å². The fraction of sp³-hybridized carbons (Fsp3) is 0.833. The fourth-order valence-electron chi connectivity index (χ4n) is 1.08. The molecule has 0 saturated heterocycles. The normalized spacial score (nSPS) is 11.2. The number of hydrogen-bond donors (Lipinski definition) is 3. The predicted molar refractivity (Wildman–Crippen MR) is 66.9 cm³/mol. The molecule has 5 heteroatoms. The summed E-state index contributed by atoms with van der Waals surface area (Å²) in [7, 11) is 0. The van der Waals surface area contributed by atoms with Gasteiger partial charge in [-0.1, -0.05) is 19.8 Å². The summed E-state index contributed by atoms with van der Waals surface area (Å²) in [6.45, 7) is 4.23. The Morgan fingerprint density at radius 3 is 1.65 bits per heavy atom. The lowest BCUT2D eigenvalue weighted by Gasteiger charge is -1.99. The minimum atomic E-state index is -0.870. The highest BCUT2D eigenvalue weighted by Crippen LogP contribution is 1.98. The predicted octanol–water partition coefficient (Wildman–Crippen LogP) is 2.24. The first kappa shape index (κ1) is 18.3. The molecule has 0 aliphatic heterocycles. The van der Waals surface area contributed by atoms with Crippen molar-refractivity contribution in [2.45, 2.75) is 64.8 Å². The Balaban J connectivity index is 0. The molecule has 0 spiro atoms.